The van der Waals surface area contributed by atoms with E-state index in [4.69, 9.17) is 23.2 Å². The first-order chi connectivity index (χ1) is 5.20. The van der Waals surface area contributed by atoms with Crippen LogP contribution in [0.2, 0.25) is 0 Å². The van der Waals surface area contributed by atoms with Crippen molar-refractivity contribution in [1.82, 2.24) is 0 Å². The van der Waals surface area contributed by atoms with Gasteiger partial charge in [-0.05, 0) is 25.0 Å². The third-order valence-corrected chi connectivity index (χ3v) is 4.13. The van der Waals surface area contributed by atoms with Crippen LogP contribution in [0.5, 0.6) is 0 Å². The molecule has 0 atom stereocenters. The van der Waals surface area contributed by atoms with Crippen molar-refractivity contribution in [1.29, 1.82) is 0 Å². The zero-order valence-electron chi connectivity index (χ0n) is 6.58. The largest absolute Gasteiger partial charge is 0.142 e. The predicted molar refractivity (Wildman–Crippen MR) is 52.9 cm³/mol. The Bertz CT molecular complexity index is 228. The van der Waals surface area contributed by atoms with Gasteiger partial charge in [-0.25, -0.2) is 0 Å². The van der Waals surface area contributed by atoms with Gasteiger partial charge in [0.25, 0.3) is 0 Å². The average molecular weight is 209 g/mol. The minimum absolute atomic E-state index is 0.605. The lowest BCUT2D eigenvalue weighted by molar-refractivity contribution is 1.29. The monoisotopic (exact) mass is 208 g/mol. The SMILES string of the molecule is Cc1c(CCl)sc(CCl)c1C. The van der Waals surface area contributed by atoms with E-state index >= 15 is 0 Å². The second-order valence-electron chi connectivity index (χ2n) is 2.47. The fourth-order valence-corrected chi connectivity index (χ4v) is 2.72. The van der Waals surface area contributed by atoms with Gasteiger partial charge in [-0.1, -0.05) is 0 Å². The van der Waals surface area contributed by atoms with E-state index in [1.54, 1.807) is 11.3 Å². The molecule has 0 aliphatic carbocycles. The van der Waals surface area contributed by atoms with Crippen LogP contribution in [0, 0.1) is 13.8 Å². The Hall–Kier alpha value is 0.280. The Morgan fingerprint density at radius 3 is 1.55 bits per heavy atom. The van der Waals surface area contributed by atoms with E-state index in [9.17, 15) is 0 Å². The molecule has 0 aliphatic heterocycles. The predicted octanol–water partition coefficient (Wildman–Crippen LogP) is 3.84. The smallest absolute Gasteiger partial charge is 0.0571 e. The first-order valence-corrected chi connectivity index (χ1v) is 5.29. The maximum absolute atomic E-state index is 5.74. The summed E-state index contributed by atoms with van der Waals surface area (Å²) in [6.45, 7) is 4.19. The Morgan fingerprint density at radius 1 is 1.00 bits per heavy atom. The molecule has 0 fully saturated rings. The van der Waals surface area contributed by atoms with Crippen molar-refractivity contribution in [2.24, 2.45) is 0 Å². The summed E-state index contributed by atoms with van der Waals surface area (Å²) in [6, 6.07) is 0. The second-order valence-corrected chi connectivity index (χ2v) is 4.19. The standard InChI is InChI=1S/C8H10Cl2S/c1-5-6(2)8(4-10)11-7(5)3-9/h3-4H2,1-2H3. The third-order valence-electron chi connectivity index (χ3n) is 1.89. The molecule has 1 aromatic rings. The van der Waals surface area contributed by atoms with Crippen molar-refractivity contribution in [3.05, 3.63) is 20.9 Å². The molecule has 0 spiro atoms. The van der Waals surface area contributed by atoms with Crippen LogP contribution in [0.25, 0.3) is 0 Å². The summed E-state index contributed by atoms with van der Waals surface area (Å²) in [5.41, 5.74) is 2.61. The molecule has 1 heterocycles. The summed E-state index contributed by atoms with van der Waals surface area (Å²) in [7, 11) is 0. The molecule has 11 heavy (non-hydrogen) atoms. The molecule has 0 N–H and O–H groups in total. The van der Waals surface area contributed by atoms with Gasteiger partial charge in [0.15, 0.2) is 0 Å². The first kappa shape index (κ1) is 9.37. The molecule has 0 aliphatic rings. The van der Waals surface area contributed by atoms with E-state index in [0.29, 0.717) is 11.8 Å². The van der Waals surface area contributed by atoms with Crippen molar-refractivity contribution in [2.75, 3.05) is 0 Å². The maximum atomic E-state index is 5.74. The molecule has 0 nitrogen and oxygen atoms in total. The summed E-state index contributed by atoms with van der Waals surface area (Å²) in [5.74, 6) is 1.21. The highest BCUT2D eigenvalue weighted by Crippen LogP contribution is 2.29. The van der Waals surface area contributed by atoms with Gasteiger partial charge in [-0.15, -0.1) is 34.5 Å². The molecule has 0 radical (unpaired) electrons. The van der Waals surface area contributed by atoms with Crippen molar-refractivity contribution < 1.29 is 0 Å². The van der Waals surface area contributed by atoms with Crippen molar-refractivity contribution in [3.8, 4) is 0 Å². The minimum atomic E-state index is 0.605. The Kier molecular flexibility index (Phi) is 3.23. The van der Waals surface area contributed by atoms with Crippen molar-refractivity contribution >= 4 is 34.5 Å². The topological polar surface area (TPSA) is 0 Å². The molecule has 1 aromatic heterocycles. The summed E-state index contributed by atoms with van der Waals surface area (Å²) < 4.78 is 0. The number of thiophene rings is 1. The highest BCUT2D eigenvalue weighted by Gasteiger charge is 2.08. The van der Waals surface area contributed by atoms with Gasteiger partial charge in [0.05, 0.1) is 11.8 Å². The van der Waals surface area contributed by atoms with E-state index in [1.807, 2.05) is 0 Å². The van der Waals surface area contributed by atoms with Gasteiger partial charge >= 0.3 is 0 Å². The fraction of sp³-hybridized carbons (Fsp3) is 0.500. The quantitative estimate of drug-likeness (QED) is 0.649. The molecule has 0 unspecified atom stereocenters. The lowest BCUT2D eigenvalue weighted by Crippen LogP contribution is -1.78. The maximum Gasteiger partial charge on any atom is 0.0571 e. The van der Waals surface area contributed by atoms with E-state index in [2.05, 4.69) is 13.8 Å². The van der Waals surface area contributed by atoms with Crippen LogP contribution in [0.3, 0.4) is 0 Å². The number of alkyl halides is 2. The van der Waals surface area contributed by atoms with Gasteiger partial charge in [-0.3, -0.25) is 0 Å². The highest BCUT2D eigenvalue weighted by molar-refractivity contribution is 7.12. The molecular formula is C8H10Cl2S. The number of hydrogen-bond donors (Lipinski definition) is 0. The Morgan fingerprint density at radius 2 is 1.36 bits per heavy atom. The Labute approximate surface area is 81.1 Å². The second kappa shape index (κ2) is 3.79. The van der Waals surface area contributed by atoms with Crippen LogP contribution >= 0.6 is 34.5 Å². The summed E-state index contributed by atoms with van der Waals surface area (Å²) >= 11 is 13.2. The summed E-state index contributed by atoms with van der Waals surface area (Å²) in [5, 5.41) is 0. The van der Waals surface area contributed by atoms with Gasteiger partial charge < -0.3 is 0 Å². The lowest BCUT2D eigenvalue weighted by atomic mass is 10.2. The normalized spacial score (nSPS) is 10.5. The van der Waals surface area contributed by atoms with Crippen LogP contribution in [0.1, 0.15) is 20.9 Å². The molecule has 3 heteroatoms. The van der Waals surface area contributed by atoms with E-state index < -0.39 is 0 Å². The molecule has 62 valence electrons. The van der Waals surface area contributed by atoms with E-state index in [0.717, 1.165) is 0 Å². The van der Waals surface area contributed by atoms with Gasteiger partial charge in [-0.2, -0.15) is 0 Å². The van der Waals surface area contributed by atoms with Crippen molar-refractivity contribution in [2.45, 2.75) is 25.6 Å². The highest BCUT2D eigenvalue weighted by atomic mass is 35.5. The number of hydrogen-bond acceptors (Lipinski definition) is 1. The molecular weight excluding hydrogens is 199 g/mol. The van der Waals surface area contributed by atoms with E-state index in [-0.39, 0.29) is 0 Å². The zero-order valence-corrected chi connectivity index (χ0v) is 8.91. The fourth-order valence-electron chi connectivity index (χ4n) is 0.975. The molecule has 0 aromatic carbocycles. The van der Waals surface area contributed by atoms with Crippen LogP contribution in [0.15, 0.2) is 0 Å². The van der Waals surface area contributed by atoms with Crippen LogP contribution in [0.4, 0.5) is 0 Å². The summed E-state index contributed by atoms with van der Waals surface area (Å²) in [4.78, 5) is 2.50. The van der Waals surface area contributed by atoms with Gasteiger partial charge in [0, 0.05) is 9.75 Å². The number of halogens is 2. The van der Waals surface area contributed by atoms with Gasteiger partial charge in [0.1, 0.15) is 0 Å². The Balaban J connectivity index is 3.12. The van der Waals surface area contributed by atoms with Crippen LogP contribution in [-0.4, -0.2) is 0 Å². The summed E-state index contributed by atoms with van der Waals surface area (Å²) in [6.07, 6.45) is 0. The molecule has 0 saturated heterocycles. The molecule has 0 saturated carbocycles. The molecule has 1 rings (SSSR count). The average Bonchev–Trinajstić information content (AvgIpc) is 2.30. The lowest BCUT2D eigenvalue weighted by Gasteiger charge is -1.92. The first-order valence-electron chi connectivity index (χ1n) is 3.40. The zero-order chi connectivity index (χ0) is 8.43. The van der Waals surface area contributed by atoms with Crippen molar-refractivity contribution in [3.63, 3.8) is 0 Å². The number of rotatable bonds is 2. The third kappa shape index (κ3) is 1.71. The molecule has 0 amide bonds. The van der Waals surface area contributed by atoms with Crippen LogP contribution < -0.4 is 0 Å². The minimum Gasteiger partial charge on any atom is -0.142 e. The van der Waals surface area contributed by atoms with E-state index in [1.165, 1.54) is 20.9 Å². The van der Waals surface area contributed by atoms with Crippen LogP contribution in [-0.2, 0) is 11.8 Å². The molecule has 0 bridgehead atoms. The van der Waals surface area contributed by atoms with Gasteiger partial charge in [0.2, 0.25) is 0 Å².